The molecule has 0 aromatic heterocycles. The van der Waals surface area contributed by atoms with Gasteiger partial charge in [0.15, 0.2) is 0 Å². The molecule has 1 saturated heterocycles. The fourth-order valence-electron chi connectivity index (χ4n) is 2.85. The van der Waals surface area contributed by atoms with Crippen LogP contribution in [0.2, 0.25) is 5.02 Å². The molecule has 0 saturated carbocycles. The zero-order valence-electron chi connectivity index (χ0n) is 15.1. The smallest absolute Gasteiger partial charge is 0.409 e. The minimum atomic E-state index is -0.344. The molecule has 0 spiro atoms. The number of hydrogen-bond acceptors (Lipinski definition) is 5. The summed E-state index contributed by atoms with van der Waals surface area (Å²) >= 11 is 6.07. The Morgan fingerprint density at radius 3 is 2.58 bits per heavy atom. The number of piperazine rings is 1. The minimum Gasteiger partial charge on any atom is -0.453 e. The first kappa shape index (κ1) is 20.0. The Morgan fingerprint density at radius 1 is 1.31 bits per heavy atom. The zero-order chi connectivity index (χ0) is 19.1. The average molecular weight is 379 g/mol. The van der Waals surface area contributed by atoms with Crippen LogP contribution in [0.1, 0.15) is 12.0 Å². The number of anilines is 1. The number of carbonyl (C=O) groups is 2. The number of ether oxygens (including phenoxy) is 1. The van der Waals surface area contributed by atoms with E-state index in [1.165, 1.54) is 7.11 Å². The number of rotatable bonds is 5. The van der Waals surface area contributed by atoms with E-state index in [-0.39, 0.29) is 25.0 Å². The van der Waals surface area contributed by atoms with Crippen LogP contribution in [0, 0.1) is 18.3 Å². The second-order valence-electron chi connectivity index (χ2n) is 6.12. The molecule has 1 aromatic carbocycles. The number of halogens is 1. The van der Waals surface area contributed by atoms with Gasteiger partial charge in [-0.2, -0.15) is 5.26 Å². The van der Waals surface area contributed by atoms with Gasteiger partial charge in [-0.15, -0.1) is 0 Å². The van der Waals surface area contributed by atoms with E-state index >= 15 is 0 Å². The van der Waals surface area contributed by atoms with E-state index in [0.717, 1.165) is 11.3 Å². The van der Waals surface area contributed by atoms with Crippen molar-refractivity contribution in [3.8, 4) is 6.07 Å². The number of benzene rings is 1. The Morgan fingerprint density at radius 2 is 2.00 bits per heavy atom. The fourth-order valence-corrected chi connectivity index (χ4v) is 2.97. The Kier molecular flexibility index (Phi) is 7.25. The van der Waals surface area contributed by atoms with Gasteiger partial charge in [0.2, 0.25) is 5.91 Å². The summed E-state index contributed by atoms with van der Waals surface area (Å²) in [4.78, 5) is 29.6. The van der Waals surface area contributed by atoms with Gasteiger partial charge >= 0.3 is 6.09 Å². The van der Waals surface area contributed by atoms with Crippen molar-refractivity contribution in [1.82, 2.24) is 9.80 Å². The molecule has 7 nitrogen and oxygen atoms in total. The first-order valence-electron chi connectivity index (χ1n) is 8.45. The van der Waals surface area contributed by atoms with Crippen molar-refractivity contribution in [2.45, 2.75) is 13.3 Å². The molecule has 140 valence electrons. The van der Waals surface area contributed by atoms with E-state index in [0.29, 0.717) is 37.7 Å². The molecule has 0 unspecified atom stereocenters. The SMILES string of the molecule is COC(=O)N1CCN(CC(=O)N(CCC#N)c2ccc(Cl)c(C)c2)CC1. The minimum absolute atomic E-state index is 0.0755. The monoisotopic (exact) mass is 378 g/mol. The summed E-state index contributed by atoms with van der Waals surface area (Å²) in [7, 11) is 1.36. The van der Waals surface area contributed by atoms with Crippen LogP contribution >= 0.6 is 11.6 Å². The Labute approximate surface area is 158 Å². The maximum atomic E-state index is 12.8. The van der Waals surface area contributed by atoms with Gasteiger partial charge in [0.05, 0.1) is 26.1 Å². The molecule has 26 heavy (non-hydrogen) atoms. The summed E-state index contributed by atoms with van der Waals surface area (Å²) in [5, 5.41) is 9.54. The number of methoxy groups -OCH3 is 1. The van der Waals surface area contributed by atoms with Crippen LogP contribution in [0.3, 0.4) is 0 Å². The maximum absolute atomic E-state index is 12.8. The summed E-state index contributed by atoms with van der Waals surface area (Å²) in [5.41, 5.74) is 1.62. The molecule has 1 aliphatic rings. The van der Waals surface area contributed by atoms with Crippen LogP contribution in [0.4, 0.5) is 10.5 Å². The van der Waals surface area contributed by atoms with E-state index < -0.39 is 0 Å². The maximum Gasteiger partial charge on any atom is 0.409 e. The quantitative estimate of drug-likeness (QED) is 0.785. The molecule has 2 rings (SSSR count). The van der Waals surface area contributed by atoms with Crippen molar-refractivity contribution >= 4 is 29.3 Å². The van der Waals surface area contributed by atoms with Crippen LogP contribution in [0.5, 0.6) is 0 Å². The third-order valence-electron chi connectivity index (χ3n) is 4.37. The van der Waals surface area contributed by atoms with Crippen molar-refractivity contribution in [3.05, 3.63) is 28.8 Å². The van der Waals surface area contributed by atoms with Crippen molar-refractivity contribution in [2.75, 3.05) is 51.3 Å². The third-order valence-corrected chi connectivity index (χ3v) is 4.79. The highest BCUT2D eigenvalue weighted by Crippen LogP contribution is 2.23. The molecule has 1 heterocycles. The van der Waals surface area contributed by atoms with Gasteiger partial charge in [-0.1, -0.05) is 11.6 Å². The number of carbonyl (C=O) groups excluding carboxylic acids is 2. The van der Waals surface area contributed by atoms with E-state index in [1.54, 1.807) is 21.9 Å². The molecule has 0 radical (unpaired) electrons. The van der Waals surface area contributed by atoms with Crippen LogP contribution in [0.25, 0.3) is 0 Å². The summed E-state index contributed by atoms with van der Waals surface area (Å²) in [6.45, 7) is 4.71. The van der Waals surface area contributed by atoms with Gasteiger partial charge < -0.3 is 14.5 Å². The van der Waals surface area contributed by atoms with Crippen LogP contribution in [-0.2, 0) is 9.53 Å². The molecule has 0 N–H and O–H groups in total. The predicted molar refractivity (Wildman–Crippen MR) is 99.2 cm³/mol. The second-order valence-corrected chi connectivity index (χ2v) is 6.53. The Bertz CT molecular complexity index is 696. The number of amides is 2. The number of nitriles is 1. The molecule has 1 aromatic rings. The van der Waals surface area contributed by atoms with Gasteiger partial charge in [-0.3, -0.25) is 9.69 Å². The number of hydrogen-bond donors (Lipinski definition) is 0. The molecular formula is C18H23ClN4O3. The van der Waals surface area contributed by atoms with E-state index in [9.17, 15) is 9.59 Å². The molecule has 0 atom stereocenters. The highest BCUT2D eigenvalue weighted by Gasteiger charge is 2.25. The average Bonchev–Trinajstić information content (AvgIpc) is 2.64. The van der Waals surface area contributed by atoms with Gasteiger partial charge in [-0.25, -0.2) is 4.79 Å². The van der Waals surface area contributed by atoms with Crippen LogP contribution < -0.4 is 4.90 Å². The lowest BCUT2D eigenvalue weighted by molar-refractivity contribution is -0.120. The van der Waals surface area contributed by atoms with Crippen LogP contribution in [-0.4, -0.2) is 68.2 Å². The molecule has 8 heteroatoms. The van der Waals surface area contributed by atoms with Gasteiger partial charge in [0, 0.05) is 43.4 Å². The van der Waals surface area contributed by atoms with E-state index in [4.69, 9.17) is 21.6 Å². The van der Waals surface area contributed by atoms with Crippen LogP contribution in [0.15, 0.2) is 18.2 Å². The highest BCUT2D eigenvalue weighted by atomic mass is 35.5. The topological polar surface area (TPSA) is 76.9 Å². The van der Waals surface area contributed by atoms with Crippen molar-refractivity contribution < 1.29 is 14.3 Å². The van der Waals surface area contributed by atoms with E-state index in [2.05, 4.69) is 6.07 Å². The predicted octanol–water partition coefficient (Wildman–Crippen LogP) is 2.28. The standard InChI is InChI=1S/C18H23ClN4O3/c1-14-12-15(4-5-16(14)19)23(7-3-6-20)17(24)13-21-8-10-22(11-9-21)18(25)26-2/h4-5,12H,3,7-11,13H2,1-2H3. The largest absolute Gasteiger partial charge is 0.453 e. The molecule has 0 bridgehead atoms. The lowest BCUT2D eigenvalue weighted by Gasteiger charge is -2.34. The van der Waals surface area contributed by atoms with Gasteiger partial charge in [-0.05, 0) is 30.7 Å². The Hall–Kier alpha value is -2.30. The first-order valence-corrected chi connectivity index (χ1v) is 8.82. The van der Waals surface area contributed by atoms with Gasteiger partial charge in [0.1, 0.15) is 0 Å². The molecule has 1 fully saturated rings. The second kappa shape index (κ2) is 9.41. The van der Waals surface area contributed by atoms with Crippen molar-refractivity contribution in [3.63, 3.8) is 0 Å². The summed E-state index contributed by atoms with van der Waals surface area (Å²) in [6, 6.07) is 7.49. The number of nitrogens with zero attached hydrogens (tertiary/aromatic N) is 4. The summed E-state index contributed by atoms with van der Waals surface area (Å²) in [5.74, 6) is -0.0755. The summed E-state index contributed by atoms with van der Waals surface area (Å²) < 4.78 is 4.72. The zero-order valence-corrected chi connectivity index (χ0v) is 15.8. The molecule has 1 aliphatic heterocycles. The lowest BCUT2D eigenvalue weighted by Crippen LogP contribution is -2.51. The molecule has 0 aliphatic carbocycles. The Balaban J connectivity index is 2.02. The first-order chi connectivity index (χ1) is 12.5. The highest BCUT2D eigenvalue weighted by molar-refractivity contribution is 6.31. The lowest BCUT2D eigenvalue weighted by atomic mass is 10.2. The molecular weight excluding hydrogens is 356 g/mol. The third kappa shape index (κ3) is 5.10. The molecule has 2 amide bonds. The van der Waals surface area contributed by atoms with E-state index in [1.807, 2.05) is 17.9 Å². The van der Waals surface area contributed by atoms with Gasteiger partial charge in [0.25, 0.3) is 0 Å². The number of aryl methyl sites for hydroxylation is 1. The van der Waals surface area contributed by atoms with Crippen molar-refractivity contribution in [2.24, 2.45) is 0 Å². The van der Waals surface area contributed by atoms with Crippen molar-refractivity contribution in [1.29, 1.82) is 5.26 Å². The summed E-state index contributed by atoms with van der Waals surface area (Å²) in [6.07, 6.45) is -0.0907. The normalized spacial score (nSPS) is 14.6. The fraction of sp³-hybridized carbons (Fsp3) is 0.500.